The minimum Gasteiger partial charge on any atom is -0.490 e. The fourth-order valence-electron chi connectivity index (χ4n) is 3.57. The summed E-state index contributed by atoms with van der Waals surface area (Å²) in [5.74, 6) is 0.894. The lowest BCUT2D eigenvalue weighted by Crippen LogP contribution is -2.12. The molecule has 3 aromatic carbocycles. The van der Waals surface area contributed by atoms with Crippen LogP contribution >= 0.6 is 11.3 Å². The highest BCUT2D eigenvalue weighted by atomic mass is 32.1. The Morgan fingerprint density at radius 3 is 2.44 bits per heavy atom. The molecular weight excluding hydrogens is 448 g/mol. The van der Waals surface area contributed by atoms with Crippen LogP contribution in [0.15, 0.2) is 88.7 Å². The van der Waals surface area contributed by atoms with Crippen molar-refractivity contribution in [1.82, 2.24) is 4.98 Å². The first-order valence-corrected chi connectivity index (χ1v) is 11.6. The van der Waals surface area contributed by atoms with E-state index in [2.05, 4.69) is 10.3 Å². The molecule has 0 aliphatic rings. The summed E-state index contributed by atoms with van der Waals surface area (Å²) < 4.78 is 11.6. The van der Waals surface area contributed by atoms with Gasteiger partial charge in [0.25, 0.3) is 5.91 Å². The second-order valence-corrected chi connectivity index (χ2v) is 8.34. The van der Waals surface area contributed by atoms with Crippen LogP contribution in [0.25, 0.3) is 22.4 Å². The van der Waals surface area contributed by atoms with Gasteiger partial charge in [0.1, 0.15) is 5.69 Å². The van der Waals surface area contributed by atoms with E-state index in [4.69, 9.17) is 9.15 Å². The number of hydrogen-bond acceptors (Lipinski definition) is 6. The lowest BCUT2D eigenvalue weighted by atomic mass is 10.0. The van der Waals surface area contributed by atoms with Crippen molar-refractivity contribution >= 4 is 39.1 Å². The third-order valence-electron chi connectivity index (χ3n) is 5.23. The van der Waals surface area contributed by atoms with Crippen molar-refractivity contribution in [3.63, 3.8) is 0 Å². The van der Waals surface area contributed by atoms with E-state index in [0.29, 0.717) is 51.2 Å². The monoisotopic (exact) mass is 468 g/mol. The molecule has 0 saturated carbocycles. The van der Waals surface area contributed by atoms with E-state index in [1.807, 2.05) is 54.8 Å². The van der Waals surface area contributed by atoms with Gasteiger partial charge in [-0.15, -0.1) is 11.3 Å². The van der Waals surface area contributed by atoms with Crippen LogP contribution in [0.4, 0.5) is 5.13 Å². The minimum absolute atomic E-state index is 0.0875. The van der Waals surface area contributed by atoms with Crippen LogP contribution in [0, 0.1) is 0 Å². The molecule has 0 radical (unpaired) electrons. The zero-order chi connectivity index (χ0) is 23.5. The molecule has 6 nitrogen and oxygen atoms in total. The van der Waals surface area contributed by atoms with Crippen LogP contribution in [0.5, 0.6) is 5.75 Å². The standard InChI is InChI=1S/C27H20N2O4S/c1-2-32-22-10-6-9-20-15-23(33-25(20)22)21-16-34-27(28-21)29-26(31)19-13-11-18(12-14-19)24(30)17-7-4-3-5-8-17/h3-16H,2H2,1H3,(H,28,29,31). The first-order valence-electron chi connectivity index (χ1n) is 10.7. The fourth-order valence-corrected chi connectivity index (χ4v) is 4.27. The highest BCUT2D eigenvalue weighted by Gasteiger charge is 2.15. The number of anilines is 1. The van der Waals surface area contributed by atoms with Gasteiger partial charge in [0.15, 0.2) is 28.0 Å². The van der Waals surface area contributed by atoms with Crippen LogP contribution in [-0.4, -0.2) is 23.3 Å². The number of fused-ring (bicyclic) bond motifs is 1. The molecule has 0 atom stereocenters. The SMILES string of the molecule is CCOc1cccc2cc(-c3csc(NC(=O)c4ccc(C(=O)c5ccccc5)cc4)n3)oc12. The molecule has 0 aliphatic carbocycles. The molecule has 0 bridgehead atoms. The highest BCUT2D eigenvalue weighted by Crippen LogP contribution is 2.34. The van der Waals surface area contributed by atoms with Crippen LogP contribution in [0.3, 0.4) is 0 Å². The van der Waals surface area contributed by atoms with Crippen molar-refractivity contribution in [1.29, 1.82) is 0 Å². The Hall–Kier alpha value is -4.23. The van der Waals surface area contributed by atoms with E-state index >= 15 is 0 Å². The van der Waals surface area contributed by atoms with Crippen LogP contribution in [-0.2, 0) is 0 Å². The number of rotatable bonds is 7. The molecule has 0 fully saturated rings. The van der Waals surface area contributed by atoms with E-state index in [0.717, 1.165) is 5.39 Å². The van der Waals surface area contributed by atoms with Crippen LogP contribution in [0.2, 0.25) is 0 Å². The van der Waals surface area contributed by atoms with Crippen molar-refractivity contribution in [3.8, 4) is 17.2 Å². The number of nitrogens with zero attached hydrogens (tertiary/aromatic N) is 1. The third kappa shape index (κ3) is 4.33. The number of furan rings is 1. The number of hydrogen-bond donors (Lipinski definition) is 1. The molecule has 168 valence electrons. The maximum Gasteiger partial charge on any atom is 0.257 e. The predicted molar refractivity (Wildman–Crippen MR) is 133 cm³/mol. The van der Waals surface area contributed by atoms with Crippen molar-refractivity contribution in [2.45, 2.75) is 6.92 Å². The topological polar surface area (TPSA) is 81.4 Å². The smallest absolute Gasteiger partial charge is 0.257 e. The Morgan fingerprint density at radius 1 is 0.941 bits per heavy atom. The van der Waals surface area contributed by atoms with E-state index in [-0.39, 0.29) is 11.7 Å². The lowest BCUT2D eigenvalue weighted by Gasteiger charge is -2.04. The highest BCUT2D eigenvalue weighted by molar-refractivity contribution is 7.14. The number of para-hydroxylation sites is 1. The van der Waals surface area contributed by atoms with Gasteiger partial charge >= 0.3 is 0 Å². The second kappa shape index (κ2) is 9.33. The number of carbonyl (C=O) groups excluding carboxylic acids is 2. The normalized spacial score (nSPS) is 10.9. The van der Waals surface area contributed by atoms with Crippen molar-refractivity contribution in [2.24, 2.45) is 0 Å². The molecule has 7 heteroatoms. The molecule has 0 spiro atoms. The summed E-state index contributed by atoms with van der Waals surface area (Å²) >= 11 is 1.31. The Kier molecular flexibility index (Phi) is 5.93. The average molecular weight is 469 g/mol. The molecule has 0 unspecified atom stereocenters. The van der Waals surface area contributed by atoms with Gasteiger partial charge in [0, 0.05) is 27.5 Å². The number of ketones is 1. The summed E-state index contributed by atoms with van der Waals surface area (Å²) in [7, 11) is 0. The molecular formula is C27H20N2O4S. The first-order chi connectivity index (χ1) is 16.6. The van der Waals surface area contributed by atoms with Gasteiger partial charge in [-0.3, -0.25) is 14.9 Å². The van der Waals surface area contributed by atoms with Crippen molar-refractivity contribution in [2.75, 3.05) is 11.9 Å². The van der Waals surface area contributed by atoms with Gasteiger partial charge in [-0.2, -0.15) is 0 Å². The summed E-state index contributed by atoms with van der Waals surface area (Å²) in [4.78, 5) is 29.8. The number of amides is 1. The Labute approximate surface area is 199 Å². The third-order valence-corrected chi connectivity index (χ3v) is 5.99. The van der Waals surface area contributed by atoms with Gasteiger partial charge < -0.3 is 9.15 Å². The summed E-state index contributed by atoms with van der Waals surface area (Å²) in [5.41, 5.74) is 2.86. The molecule has 0 aliphatic heterocycles. The fraction of sp³-hybridized carbons (Fsp3) is 0.0741. The molecule has 1 N–H and O–H groups in total. The van der Waals surface area contributed by atoms with Gasteiger partial charge in [-0.1, -0.05) is 54.6 Å². The number of ether oxygens (including phenoxy) is 1. The zero-order valence-corrected chi connectivity index (χ0v) is 19.1. The summed E-state index contributed by atoms with van der Waals surface area (Å²) in [6.45, 7) is 2.47. The van der Waals surface area contributed by atoms with Gasteiger partial charge in [-0.05, 0) is 31.2 Å². The number of thiazole rings is 1. The van der Waals surface area contributed by atoms with Gasteiger partial charge in [-0.25, -0.2) is 4.98 Å². The van der Waals surface area contributed by atoms with E-state index in [1.165, 1.54) is 11.3 Å². The average Bonchev–Trinajstić information content (AvgIpc) is 3.52. The predicted octanol–water partition coefficient (Wildman–Crippen LogP) is 6.44. The number of aromatic nitrogens is 1. The lowest BCUT2D eigenvalue weighted by molar-refractivity contribution is 0.102. The maximum absolute atomic E-state index is 12.7. The molecule has 34 heavy (non-hydrogen) atoms. The number of carbonyl (C=O) groups is 2. The van der Waals surface area contributed by atoms with Crippen molar-refractivity contribution in [3.05, 3.63) is 101 Å². The molecule has 2 heterocycles. The molecule has 1 amide bonds. The van der Waals surface area contributed by atoms with E-state index < -0.39 is 0 Å². The summed E-state index contributed by atoms with van der Waals surface area (Å²) in [6, 6.07) is 23.2. The number of nitrogens with one attached hydrogen (secondary N) is 1. The second-order valence-electron chi connectivity index (χ2n) is 7.48. The maximum atomic E-state index is 12.7. The summed E-state index contributed by atoms with van der Waals surface area (Å²) in [6.07, 6.45) is 0. The first kappa shape index (κ1) is 21.6. The molecule has 0 saturated heterocycles. The molecule has 5 aromatic rings. The van der Waals surface area contributed by atoms with Gasteiger partial charge in [0.05, 0.1) is 6.61 Å². The Balaban J connectivity index is 1.30. The Bertz CT molecular complexity index is 1470. The zero-order valence-electron chi connectivity index (χ0n) is 18.3. The minimum atomic E-state index is -0.303. The van der Waals surface area contributed by atoms with Crippen LogP contribution < -0.4 is 10.1 Å². The largest absolute Gasteiger partial charge is 0.490 e. The quantitative estimate of drug-likeness (QED) is 0.278. The molecule has 5 rings (SSSR count). The Morgan fingerprint density at radius 2 is 1.68 bits per heavy atom. The number of benzene rings is 3. The van der Waals surface area contributed by atoms with Gasteiger partial charge in [0.2, 0.25) is 0 Å². The summed E-state index contributed by atoms with van der Waals surface area (Å²) in [5, 5.41) is 6.01. The van der Waals surface area contributed by atoms with E-state index in [1.54, 1.807) is 36.4 Å². The van der Waals surface area contributed by atoms with E-state index in [9.17, 15) is 9.59 Å². The van der Waals surface area contributed by atoms with Crippen LogP contribution in [0.1, 0.15) is 33.2 Å². The van der Waals surface area contributed by atoms with Crippen molar-refractivity contribution < 1.29 is 18.7 Å². The molecule has 2 aromatic heterocycles.